The van der Waals surface area contributed by atoms with Gasteiger partial charge in [0, 0.05) is 5.02 Å². The number of hydrogen-bond donors (Lipinski definition) is 1. The van der Waals surface area contributed by atoms with Gasteiger partial charge < -0.3 is 19.5 Å². The number of carbonyl (C=O) groups excluding carboxylic acids is 2. The first kappa shape index (κ1) is 23.7. The number of nitrogens with zero attached hydrogens (tertiary/aromatic N) is 1. The van der Waals surface area contributed by atoms with Gasteiger partial charge in [-0.1, -0.05) is 23.7 Å². The van der Waals surface area contributed by atoms with Crippen molar-refractivity contribution in [2.75, 3.05) is 19.8 Å². The summed E-state index contributed by atoms with van der Waals surface area (Å²) in [7, 11) is 0. The maximum Gasteiger partial charge on any atom is 0.344 e. The minimum Gasteiger partial charge on any atom is -0.490 e. The fraction of sp³-hybridized carbons (Fsp3) is 0.261. The number of benzene rings is 2. The molecule has 0 atom stereocenters. The Kier molecular flexibility index (Phi) is 8.19. The monoisotopic (exact) mass is 474 g/mol. The van der Waals surface area contributed by atoms with Crippen molar-refractivity contribution in [3.05, 3.63) is 57.5 Å². The lowest BCUT2D eigenvalue weighted by Gasteiger charge is -2.12. The van der Waals surface area contributed by atoms with Crippen LogP contribution in [0.1, 0.15) is 25.0 Å². The predicted octanol–water partition coefficient (Wildman–Crippen LogP) is 4.88. The lowest BCUT2D eigenvalue weighted by molar-refractivity contribution is -0.145. The van der Waals surface area contributed by atoms with Gasteiger partial charge in [0.2, 0.25) is 0 Å². The molecule has 0 radical (unpaired) electrons. The summed E-state index contributed by atoms with van der Waals surface area (Å²) in [4.78, 5) is 28.9. The van der Waals surface area contributed by atoms with Crippen LogP contribution in [-0.2, 0) is 14.3 Å². The fourth-order valence-corrected chi connectivity index (χ4v) is 3.76. The standard InChI is InChI=1S/C23H23ClN2O5S/c1-4-29-19-10-15(7-9-18(19)31-13-21(27)30-5-2)11-20-22(28)26-23(32-20)25-16-8-6-14(3)17(24)12-16/h6-12H,4-5,13H2,1-3H3,(H,25,26,28)/b20-11-. The van der Waals surface area contributed by atoms with Crippen LogP contribution in [0.4, 0.5) is 5.69 Å². The van der Waals surface area contributed by atoms with Crippen molar-refractivity contribution in [2.24, 2.45) is 4.99 Å². The second kappa shape index (κ2) is 11.1. The molecule has 9 heteroatoms. The summed E-state index contributed by atoms with van der Waals surface area (Å²) in [5.41, 5.74) is 2.36. The summed E-state index contributed by atoms with van der Waals surface area (Å²) in [6.07, 6.45) is 1.74. The molecule has 32 heavy (non-hydrogen) atoms. The zero-order valence-electron chi connectivity index (χ0n) is 17.9. The third-order valence-electron chi connectivity index (χ3n) is 4.25. The first-order chi connectivity index (χ1) is 15.4. The molecule has 168 valence electrons. The van der Waals surface area contributed by atoms with Crippen LogP contribution >= 0.6 is 23.4 Å². The molecule has 0 unspecified atom stereocenters. The second-order valence-electron chi connectivity index (χ2n) is 6.65. The zero-order chi connectivity index (χ0) is 23.1. The van der Waals surface area contributed by atoms with Crippen molar-refractivity contribution in [1.29, 1.82) is 0 Å². The molecule has 1 N–H and O–H groups in total. The minimum atomic E-state index is -0.457. The molecule has 0 saturated carbocycles. The Labute approximate surface area is 195 Å². The molecule has 1 heterocycles. The van der Waals surface area contributed by atoms with Gasteiger partial charge in [-0.05, 0) is 74.0 Å². The number of amidine groups is 1. The highest BCUT2D eigenvalue weighted by molar-refractivity contribution is 8.18. The molecule has 0 aliphatic carbocycles. The van der Waals surface area contributed by atoms with E-state index in [2.05, 4.69) is 10.3 Å². The number of amides is 1. The smallest absolute Gasteiger partial charge is 0.344 e. The molecule has 0 bridgehead atoms. The Hall–Kier alpha value is -2.97. The van der Waals surface area contributed by atoms with Gasteiger partial charge in [0.1, 0.15) is 0 Å². The van der Waals surface area contributed by atoms with E-state index in [1.807, 2.05) is 26.0 Å². The number of nitrogens with one attached hydrogen (secondary N) is 1. The van der Waals surface area contributed by atoms with Crippen LogP contribution in [0.3, 0.4) is 0 Å². The predicted molar refractivity (Wildman–Crippen MR) is 127 cm³/mol. The van der Waals surface area contributed by atoms with Gasteiger partial charge in [-0.2, -0.15) is 0 Å². The lowest BCUT2D eigenvalue weighted by Crippen LogP contribution is -2.19. The summed E-state index contributed by atoms with van der Waals surface area (Å²) in [6, 6.07) is 10.7. The van der Waals surface area contributed by atoms with Gasteiger partial charge in [0.05, 0.1) is 23.8 Å². The van der Waals surface area contributed by atoms with Crippen molar-refractivity contribution >= 4 is 52.2 Å². The summed E-state index contributed by atoms with van der Waals surface area (Å²) in [6.45, 7) is 5.98. The van der Waals surface area contributed by atoms with Gasteiger partial charge in [0.25, 0.3) is 5.91 Å². The van der Waals surface area contributed by atoms with E-state index in [0.717, 1.165) is 11.1 Å². The normalized spacial score (nSPS) is 15.7. The van der Waals surface area contributed by atoms with Crippen LogP contribution in [-0.4, -0.2) is 36.9 Å². The number of hydrogen-bond acceptors (Lipinski definition) is 7. The summed E-state index contributed by atoms with van der Waals surface area (Å²) < 4.78 is 16.0. The molecule has 0 spiro atoms. The lowest BCUT2D eigenvalue weighted by atomic mass is 10.2. The first-order valence-electron chi connectivity index (χ1n) is 10.0. The van der Waals surface area contributed by atoms with Crippen molar-refractivity contribution in [3.63, 3.8) is 0 Å². The first-order valence-corrected chi connectivity index (χ1v) is 11.2. The van der Waals surface area contributed by atoms with Crippen LogP contribution in [0.5, 0.6) is 11.5 Å². The Morgan fingerprint density at radius 2 is 1.94 bits per heavy atom. The van der Waals surface area contributed by atoms with Crippen LogP contribution in [0.15, 0.2) is 46.3 Å². The summed E-state index contributed by atoms with van der Waals surface area (Å²) in [5.74, 6) is 0.191. The van der Waals surface area contributed by atoms with E-state index in [9.17, 15) is 9.59 Å². The molecule has 2 aromatic rings. The fourth-order valence-electron chi connectivity index (χ4n) is 2.74. The highest BCUT2D eigenvalue weighted by atomic mass is 35.5. The SMILES string of the molecule is CCOC(=O)COc1ccc(/C=C2\SC(=Nc3ccc(C)c(Cl)c3)NC2=O)cc1OCC. The molecule has 7 nitrogen and oxygen atoms in total. The highest BCUT2D eigenvalue weighted by Crippen LogP contribution is 2.33. The molecule has 1 amide bonds. The van der Waals surface area contributed by atoms with E-state index in [1.165, 1.54) is 11.8 Å². The van der Waals surface area contributed by atoms with Gasteiger partial charge in [-0.15, -0.1) is 0 Å². The van der Waals surface area contributed by atoms with Crippen molar-refractivity contribution in [3.8, 4) is 11.5 Å². The van der Waals surface area contributed by atoms with Crippen molar-refractivity contribution in [2.45, 2.75) is 20.8 Å². The number of halogens is 1. The number of ether oxygens (including phenoxy) is 3. The summed E-state index contributed by atoms with van der Waals surface area (Å²) >= 11 is 7.39. The number of esters is 1. The quantitative estimate of drug-likeness (QED) is 0.433. The number of aryl methyl sites for hydroxylation is 1. The van der Waals surface area contributed by atoms with Crippen LogP contribution in [0.2, 0.25) is 5.02 Å². The second-order valence-corrected chi connectivity index (χ2v) is 8.09. The van der Waals surface area contributed by atoms with Gasteiger partial charge >= 0.3 is 5.97 Å². The zero-order valence-corrected chi connectivity index (χ0v) is 19.5. The van der Waals surface area contributed by atoms with E-state index in [4.69, 9.17) is 25.8 Å². The molecule has 1 saturated heterocycles. The van der Waals surface area contributed by atoms with E-state index in [-0.39, 0.29) is 19.1 Å². The maximum atomic E-state index is 12.4. The average molecular weight is 475 g/mol. The van der Waals surface area contributed by atoms with Crippen molar-refractivity contribution < 1.29 is 23.8 Å². The Balaban J connectivity index is 1.77. The highest BCUT2D eigenvalue weighted by Gasteiger charge is 2.24. The van der Waals surface area contributed by atoms with Crippen LogP contribution in [0, 0.1) is 6.92 Å². The number of carbonyl (C=O) groups is 2. The average Bonchev–Trinajstić information content (AvgIpc) is 3.09. The van der Waals surface area contributed by atoms with Crippen LogP contribution < -0.4 is 14.8 Å². The summed E-state index contributed by atoms with van der Waals surface area (Å²) in [5, 5.41) is 3.85. The number of rotatable bonds is 8. The molecule has 1 aliphatic heterocycles. The molecule has 2 aromatic carbocycles. The molecular weight excluding hydrogens is 452 g/mol. The topological polar surface area (TPSA) is 86.2 Å². The van der Waals surface area contributed by atoms with Gasteiger partial charge in [-0.25, -0.2) is 9.79 Å². The van der Waals surface area contributed by atoms with Gasteiger partial charge in [0.15, 0.2) is 23.3 Å². The third-order valence-corrected chi connectivity index (χ3v) is 5.57. The van der Waals surface area contributed by atoms with Crippen LogP contribution in [0.25, 0.3) is 6.08 Å². The molecular formula is C23H23ClN2O5S. The number of aliphatic imine (C=N–C) groups is 1. The Morgan fingerprint density at radius 3 is 2.66 bits per heavy atom. The molecule has 1 aliphatic rings. The Bertz CT molecular complexity index is 1080. The van der Waals surface area contributed by atoms with E-state index in [0.29, 0.717) is 38.9 Å². The van der Waals surface area contributed by atoms with Gasteiger partial charge in [-0.3, -0.25) is 4.79 Å². The van der Waals surface area contributed by atoms with Crippen molar-refractivity contribution in [1.82, 2.24) is 5.32 Å². The largest absolute Gasteiger partial charge is 0.490 e. The Morgan fingerprint density at radius 1 is 1.12 bits per heavy atom. The molecule has 0 aromatic heterocycles. The van der Waals surface area contributed by atoms with E-state index < -0.39 is 5.97 Å². The minimum absolute atomic E-state index is 0.213. The molecule has 3 rings (SSSR count). The van der Waals surface area contributed by atoms with E-state index >= 15 is 0 Å². The maximum absolute atomic E-state index is 12.4. The molecule has 1 fully saturated rings. The van der Waals surface area contributed by atoms with E-state index in [1.54, 1.807) is 37.3 Å². The third kappa shape index (κ3) is 6.27. The number of thioether (sulfide) groups is 1.